The maximum absolute atomic E-state index is 12.3. The van der Waals surface area contributed by atoms with Crippen LogP contribution in [0.1, 0.15) is 25.6 Å². The summed E-state index contributed by atoms with van der Waals surface area (Å²) < 4.78 is 5.95. The number of benzene rings is 1. The van der Waals surface area contributed by atoms with Gasteiger partial charge in [0.1, 0.15) is 10.8 Å². The van der Waals surface area contributed by atoms with Gasteiger partial charge in [0, 0.05) is 9.35 Å². The highest BCUT2D eigenvalue weighted by Crippen LogP contribution is 2.30. The number of ether oxygens (including phenoxy) is 1. The predicted molar refractivity (Wildman–Crippen MR) is 84.7 cm³/mol. The smallest absolute Gasteiger partial charge is 0.338 e. The first-order valence-corrected chi connectivity index (χ1v) is 7.52. The van der Waals surface area contributed by atoms with Gasteiger partial charge in [0.25, 0.3) is 5.91 Å². The molecule has 2 N–H and O–H groups in total. The molecule has 0 atom stereocenters. The standard InChI is InChI=1S/C14H12BrNO4S/c1-7-5-10(14(18)19)13(21-7)16-12(17)9-4-3-8(15)6-11(9)20-2/h3-6H,1-2H3,(H,16,17)(H,18,19). The maximum Gasteiger partial charge on any atom is 0.338 e. The number of halogens is 1. The van der Waals surface area contributed by atoms with Crippen LogP contribution in [0.4, 0.5) is 5.00 Å². The molecule has 0 unspecified atom stereocenters. The molecule has 0 spiro atoms. The number of carbonyl (C=O) groups is 2. The lowest BCUT2D eigenvalue weighted by Crippen LogP contribution is -2.14. The van der Waals surface area contributed by atoms with Crippen molar-refractivity contribution in [2.24, 2.45) is 0 Å². The Kier molecular flexibility index (Phi) is 4.64. The Morgan fingerprint density at radius 1 is 1.29 bits per heavy atom. The number of hydrogen-bond acceptors (Lipinski definition) is 4. The monoisotopic (exact) mass is 369 g/mol. The van der Waals surface area contributed by atoms with Crippen LogP contribution in [0.5, 0.6) is 5.75 Å². The molecule has 0 saturated carbocycles. The maximum atomic E-state index is 12.3. The molecule has 0 aliphatic rings. The van der Waals surface area contributed by atoms with Crippen LogP contribution in [0.15, 0.2) is 28.7 Å². The highest BCUT2D eigenvalue weighted by Gasteiger charge is 2.18. The molecule has 5 nitrogen and oxygen atoms in total. The minimum Gasteiger partial charge on any atom is -0.496 e. The molecule has 110 valence electrons. The van der Waals surface area contributed by atoms with Crippen molar-refractivity contribution in [1.29, 1.82) is 0 Å². The number of carbonyl (C=O) groups excluding carboxylic acids is 1. The van der Waals surface area contributed by atoms with Gasteiger partial charge in [-0.05, 0) is 31.2 Å². The van der Waals surface area contributed by atoms with Gasteiger partial charge in [0.15, 0.2) is 0 Å². The molecule has 0 bridgehead atoms. The number of methoxy groups -OCH3 is 1. The fourth-order valence-corrected chi connectivity index (χ4v) is 3.03. The number of carboxylic acids is 1. The van der Waals surface area contributed by atoms with Gasteiger partial charge in [0.2, 0.25) is 0 Å². The third-order valence-electron chi connectivity index (χ3n) is 2.72. The topological polar surface area (TPSA) is 75.6 Å². The minimum atomic E-state index is -1.07. The first-order valence-electron chi connectivity index (χ1n) is 5.91. The van der Waals surface area contributed by atoms with Crippen molar-refractivity contribution in [3.05, 3.63) is 44.7 Å². The molecule has 1 aromatic heterocycles. The number of thiophene rings is 1. The second-order valence-electron chi connectivity index (χ2n) is 4.20. The molecule has 1 amide bonds. The van der Waals surface area contributed by atoms with E-state index in [1.165, 1.54) is 24.5 Å². The molecule has 2 rings (SSSR count). The first kappa shape index (κ1) is 15.5. The summed E-state index contributed by atoms with van der Waals surface area (Å²) in [5.41, 5.74) is 0.421. The third kappa shape index (κ3) is 3.43. The van der Waals surface area contributed by atoms with Crippen LogP contribution in [0.3, 0.4) is 0 Å². The van der Waals surface area contributed by atoms with Crippen LogP contribution in [0.25, 0.3) is 0 Å². The first-order chi connectivity index (χ1) is 9.92. The predicted octanol–water partition coefficient (Wildman–Crippen LogP) is 3.78. The van der Waals surface area contributed by atoms with Gasteiger partial charge in [-0.3, -0.25) is 4.79 Å². The lowest BCUT2D eigenvalue weighted by molar-refractivity contribution is 0.0698. The molecule has 21 heavy (non-hydrogen) atoms. The van der Waals surface area contributed by atoms with Crippen molar-refractivity contribution in [2.45, 2.75) is 6.92 Å². The van der Waals surface area contributed by atoms with Crippen LogP contribution < -0.4 is 10.1 Å². The molecule has 0 aliphatic carbocycles. The molecule has 7 heteroatoms. The molecule has 1 heterocycles. The van der Waals surface area contributed by atoms with Crippen molar-refractivity contribution in [1.82, 2.24) is 0 Å². The number of nitrogens with one attached hydrogen (secondary N) is 1. The van der Waals surface area contributed by atoms with Gasteiger partial charge >= 0.3 is 5.97 Å². The fraction of sp³-hybridized carbons (Fsp3) is 0.143. The van der Waals surface area contributed by atoms with E-state index in [2.05, 4.69) is 21.2 Å². The van der Waals surface area contributed by atoms with Gasteiger partial charge in [-0.25, -0.2) is 4.79 Å². The zero-order chi connectivity index (χ0) is 15.6. The summed E-state index contributed by atoms with van der Waals surface area (Å²) in [7, 11) is 1.47. The van der Waals surface area contributed by atoms with Gasteiger partial charge in [-0.1, -0.05) is 15.9 Å². The van der Waals surface area contributed by atoms with E-state index < -0.39 is 11.9 Å². The van der Waals surface area contributed by atoms with E-state index >= 15 is 0 Å². The molecular weight excluding hydrogens is 358 g/mol. The van der Waals surface area contributed by atoms with Crippen molar-refractivity contribution in [3.63, 3.8) is 0 Å². The summed E-state index contributed by atoms with van der Waals surface area (Å²) in [5.74, 6) is -1.08. The van der Waals surface area contributed by atoms with E-state index in [1.54, 1.807) is 25.1 Å². The fourth-order valence-electron chi connectivity index (χ4n) is 1.79. The highest BCUT2D eigenvalue weighted by molar-refractivity contribution is 9.10. The molecule has 1 aromatic carbocycles. The average molecular weight is 370 g/mol. The number of hydrogen-bond donors (Lipinski definition) is 2. The van der Waals surface area contributed by atoms with E-state index in [9.17, 15) is 9.59 Å². The molecule has 0 saturated heterocycles. The molecular formula is C14H12BrNO4S. The second kappa shape index (κ2) is 6.28. The largest absolute Gasteiger partial charge is 0.496 e. The SMILES string of the molecule is COc1cc(Br)ccc1C(=O)Nc1sc(C)cc1C(=O)O. The third-order valence-corrected chi connectivity index (χ3v) is 4.18. The summed E-state index contributed by atoms with van der Waals surface area (Å²) in [5, 5.41) is 12.1. The van der Waals surface area contributed by atoms with Crippen LogP contribution in [0, 0.1) is 6.92 Å². The normalized spacial score (nSPS) is 10.2. The minimum absolute atomic E-state index is 0.0851. The number of amides is 1. The molecule has 0 aliphatic heterocycles. The molecule has 0 radical (unpaired) electrons. The zero-order valence-electron chi connectivity index (χ0n) is 11.3. The number of aryl methyl sites for hydroxylation is 1. The number of rotatable bonds is 4. The van der Waals surface area contributed by atoms with Crippen LogP contribution in [0.2, 0.25) is 0 Å². The summed E-state index contributed by atoms with van der Waals surface area (Å²) in [4.78, 5) is 24.3. The Hall–Kier alpha value is -1.86. The van der Waals surface area contributed by atoms with E-state index in [4.69, 9.17) is 9.84 Å². The van der Waals surface area contributed by atoms with E-state index in [0.717, 1.165) is 9.35 Å². The average Bonchev–Trinajstić information content (AvgIpc) is 2.79. The Bertz CT molecular complexity index is 711. The number of anilines is 1. The van der Waals surface area contributed by atoms with Crippen molar-refractivity contribution in [2.75, 3.05) is 12.4 Å². The van der Waals surface area contributed by atoms with E-state index in [1.807, 2.05) is 0 Å². The van der Waals surface area contributed by atoms with Crippen LogP contribution in [-0.4, -0.2) is 24.1 Å². The summed E-state index contributed by atoms with van der Waals surface area (Å²) in [6, 6.07) is 6.53. The van der Waals surface area contributed by atoms with Gasteiger partial charge < -0.3 is 15.2 Å². The molecule has 2 aromatic rings. The number of aromatic carboxylic acids is 1. The van der Waals surface area contributed by atoms with Gasteiger partial charge in [0.05, 0.1) is 18.2 Å². The van der Waals surface area contributed by atoms with E-state index in [0.29, 0.717) is 16.3 Å². The Labute approximate surface area is 133 Å². The second-order valence-corrected chi connectivity index (χ2v) is 6.38. The Morgan fingerprint density at radius 2 is 2.00 bits per heavy atom. The lowest BCUT2D eigenvalue weighted by Gasteiger charge is -2.09. The van der Waals surface area contributed by atoms with Crippen LogP contribution in [-0.2, 0) is 0 Å². The Morgan fingerprint density at radius 3 is 2.62 bits per heavy atom. The van der Waals surface area contributed by atoms with Crippen molar-refractivity contribution < 1.29 is 19.4 Å². The van der Waals surface area contributed by atoms with Gasteiger partial charge in [-0.2, -0.15) is 0 Å². The van der Waals surface area contributed by atoms with E-state index in [-0.39, 0.29) is 5.56 Å². The molecule has 0 fully saturated rings. The lowest BCUT2D eigenvalue weighted by atomic mass is 10.2. The van der Waals surface area contributed by atoms with Gasteiger partial charge in [-0.15, -0.1) is 11.3 Å². The van der Waals surface area contributed by atoms with Crippen molar-refractivity contribution >= 4 is 44.1 Å². The summed E-state index contributed by atoms with van der Waals surface area (Å²) >= 11 is 4.52. The quantitative estimate of drug-likeness (QED) is 0.859. The van der Waals surface area contributed by atoms with Crippen molar-refractivity contribution in [3.8, 4) is 5.75 Å². The Balaban J connectivity index is 2.32. The number of carboxylic acid groups (broad SMARTS) is 1. The van der Waals surface area contributed by atoms with Crippen LogP contribution >= 0.6 is 27.3 Å². The highest BCUT2D eigenvalue weighted by atomic mass is 79.9. The summed E-state index contributed by atoms with van der Waals surface area (Å²) in [6.45, 7) is 1.78. The zero-order valence-corrected chi connectivity index (χ0v) is 13.7. The summed E-state index contributed by atoms with van der Waals surface area (Å²) in [6.07, 6.45) is 0.